The first-order valence-corrected chi connectivity index (χ1v) is 5.12. The van der Waals surface area contributed by atoms with Gasteiger partial charge in [0.2, 0.25) is 0 Å². The highest BCUT2D eigenvalue weighted by atomic mass is 19.4. The normalized spacial score (nSPS) is 17.5. The maximum absolute atomic E-state index is 12.0. The number of hydrogen-bond donors (Lipinski definition) is 2. The first-order valence-electron chi connectivity index (χ1n) is 5.12. The van der Waals surface area contributed by atoms with E-state index in [9.17, 15) is 23.4 Å². The fourth-order valence-electron chi connectivity index (χ4n) is 1.41. The second kappa shape index (κ2) is 5.01. The number of hydrogen-bond acceptors (Lipinski definition) is 3. The molecule has 0 fully saturated rings. The predicted octanol–water partition coefficient (Wildman–Crippen LogP) is 1.99. The van der Waals surface area contributed by atoms with Gasteiger partial charge in [-0.3, -0.25) is 4.98 Å². The molecule has 0 saturated heterocycles. The van der Waals surface area contributed by atoms with Crippen LogP contribution in [0.1, 0.15) is 25.5 Å². The van der Waals surface area contributed by atoms with E-state index >= 15 is 0 Å². The van der Waals surface area contributed by atoms with E-state index in [1.807, 2.05) is 0 Å². The van der Waals surface area contributed by atoms with Gasteiger partial charge in [-0.15, -0.1) is 0 Å². The van der Waals surface area contributed by atoms with Gasteiger partial charge in [-0.1, -0.05) is 6.07 Å². The fourth-order valence-corrected chi connectivity index (χ4v) is 1.41. The van der Waals surface area contributed by atoms with Gasteiger partial charge in [0.05, 0.1) is 11.8 Å². The van der Waals surface area contributed by atoms with E-state index < -0.39 is 30.7 Å². The van der Waals surface area contributed by atoms with E-state index in [4.69, 9.17) is 0 Å². The standard InChI is InChI=1S/C11H14F3NO2/c1-10(17,8-4-2-3-7-15-8)9(16)5-6-11(12,13)14/h2-4,7,9,16-17H,5-6H2,1H3/t9-,10-/m0/s1. The topological polar surface area (TPSA) is 53.4 Å². The van der Waals surface area contributed by atoms with Crippen molar-refractivity contribution in [3.05, 3.63) is 30.1 Å². The Kier molecular flexibility index (Phi) is 4.11. The number of rotatable bonds is 4. The van der Waals surface area contributed by atoms with Crippen molar-refractivity contribution in [3.63, 3.8) is 0 Å². The van der Waals surface area contributed by atoms with E-state index in [0.717, 1.165) is 0 Å². The molecular weight excluding hydrogens is 235 g/mol. The third-order valence-corrected chi connectivity index (χ3v) is 2.53. The Hall–Kier alpha value is -1.14. The minimum absolute atomic E-state index is 0.148. The molecule has 2 N–H and O–H groups in total. The van der Waals surface area contributed by atoms with Gasteiger partial charge in [0.15, 0.2) is 0 Å². The summed E-state index contributed by atoms with van der Waals surface area (Å²) in [5, 5.41) is 19.6. The summed E-state index contributed by atoms with van der Waals surface area (Å²) in [6, 6.07) is 4.66. The SMILES string of the molecule is C[C@](O)(c1ccccn1)[C@@H](O)CCC(F)(F)F. The number of halogens is 3. The molecule has 0 aromatic carbocycles. The zero-order valence-electron chi connectivity index (χ0n) is 9.28. The highest BCUT2D eigenvalue weighted by molar-refractivity contribution is 5.13. The summed E-state index contributed by atoms with van der Waals surface area (Å²) in [5.41, 5.74) is -1.64. The molecule has 0 bridgehead atoms. The van der Waals surface area contributed by atoms with Crippen molar-refractivity contribution in [1.29, 1.82) is 0 Å². The summed E-state index contributed by atoms with van der Waals surface area (Å²) in [6.07, 6.45) is -6.16. The van der Waals surface area contributed by atoms with Gasteiger partial charge < -0.3 is 10.2 Å². The molecule has 1 heterocycles. The van der Waals surface area contributed by atoms with Crippen molar-refractivity contribution in [2.24, 2.45) is 0 Å². The molecule has 3 nitrogen and oxygen atoms in total. The van der Waals surface area contributed by atoms with Crippen LogP contribution in [0.4, 0.5) is 13.2 Å². The molecule has 0 unspecified atom stereocenters. The number of aromatic nitrogens is 1. The molecule has 1 aromatic heterocycles. The van der Waals surface area contributed by atoms with Crippen molar-refractivity contribution in [1.82, 2.24) is 4.98 Å². The lowest BCUT2D eigenvalue weighted by Gasteiger charge is -2.28. The predicted molar refractivity (Wildman–Crippen MR) is 55.1 cm³/mol. The number of pyridine rings is 1. The lowest BCUT2D eigenvalue weighted by atomic mass is 9.91. The summed E-state index contributed by atoms with van der Waals surface area (Å²) < 4.78 is 36.0. The van der Waals surface area contributed by atoms with Crippen molar-refractivity contribution >= 4 is 0 Å². The Morgan fingerprint density at radius 3 is 2.47 bits per heavy atom. The highest BCUT2D eigenvalue weighted by Gasteiger charge is 2.37. The van der Waals surface area contributed by atoms with Crippen LogP contribution < -0.4 is 0 Å². The molecule has 0 amide bonds. The van der Waals surface area contributed by atoms with Crippen LogP contribution >= 0.6 is 0 Å². The number of aliphatic hydroxyl groups excluding tert-OH is 1. The molecule has 2 atom stereocenters. The first-order chi connectivity index (χ1) is 7.73. The molecule has 0 spiro atoms. The molecule has 96 valence electrons. The largest absolute Gasteiger partial charge is 0.390 e. The van der Waals surface area contributed by atoms with Crippen molar-refractivity contribution in [3.8, 4) is 0 Å². The molecule has 0 aliphatic carbocycles. The van der Waals surface area contributed by atoms with Gasteiger partial charge >= 0.3 is 6.18 Å². The Morgan fingerprint density at radius 2 is 2.00 bits per heavy atom. The van der Waals surface area contributed by atoms with Crippen LogP contribution in [0, 0.1) is 0 Å². The molecule has 1 rings (SSSR count). The molecular formula is C11H14F3NO2. The van der Waals surface area contributed by atoms with E-state index in [2.05, 4.69) is 4.98 Å². The minimum atomic E-state index is -4.35. The van der Waals surface area contributed by atoms with Crippen LogP contribution in [0.15, 0.2) is 24.4 Å². The van der Waals surface area contributed by atoms with Gasteiger partial charge in [-0.2, -0.15) is 13.2 Å². The summed E-state index contributed by atoms with van der Waals surface area (Å²) in [6.45, 7) is 1.25. The summed E-state index contributed by atoms with van der Waals surface area (Å²) in [4.78, 5) is 3.82. The third kappa shape index (κ3) is 3.98. The summed E-state index contributed by atoms with van der Waals surface area (Å²) in [7, 11) is 0. The van der Waals surface area contributed by atoms with Gasteiger partial charge in [0.1, 0.15) is 5.60 Å². The lowest BCUT2D eigenvalue weighted by Crippen LogP contribution is -2.38. The molecule has 0 aliphatic heterocycles. The first kappa shape index (κ1) is 13.9. The second-order valence-corrected chi connectivity index (χ2v) is 4.03. The Bertz CT molecular complexity index is 351. The van der Waals surface area contributed by atoms with Crippen LogP contribution in [-0.4, -0.2) is 27.5 Å². The van der Waals surface area contributed by atoms with E-state index in [0.29, 0.717) is 0 Å². The third-order valence-electron chi connectivity index (χ3n) is 2.53. The van der Waals surface area contributed by atoms with Crippen molar-refractivity contribution in [2.75, 3.05) is 0 Å². The quantitative estimate of drug-likeness (QED) is 0.858. The molecule has 6 heteroatoms. The van der Waals surface area contributed by atoms with E-state index in [-0.39, 0.29) is 5.69 Å². The molecule has 1 aromatic rings. The second-order valence-electron chi connectivity index (χ2n) is 4.03. The maximum Gasteiger partial charge on any atom is 0.389 e. The van der Waals surface area contributed by atoms with Crippen LogP contribution in [0.3, 0.4) is 0 Å². The zero-order valence-corrected chi connectivity index (χ0v) is 9.28. The lowest BCUT2D eigenvalue weighted by molar-refractivity contribution is -0.150. The number of alkyl halides is 3. The zero-order chi connectivity index (χ0) is 13.1. The summed E-state index contributed by atoms with van der Waals surface area (Å²) in [5.74, 6) is 0. The average Bonchev–Trinajstić information content (AvgIpc) is 2.26. The Balaban J connectivity index is 2.71. The van der Waals surface area contributed by atoms with Gasteiger partial charge in [-0.25, -0.2) is 0 Å². The molecule has 17 heavy (non-hydrogen) atoms. The van der Waals surface area contributed by atoms with Crippen molar-refractivity contribution in [2.45, 2.75) is 37.6 Å². The summed E-state index contributed by atoms with van der Waals surface area (Å²) >= 11 is 0. The molecule has 0 radical (unpaired) electrons. The molecule has 0 aliphatic rings. The number of nitrogens with zero attached hydrogens (tertiary/aromatic N) is 1. The van der Waals surface area contributed by atoms with Gasteiger partial charge in [0.25, 0.3) is 0 Å². The molecule has 0 saturated carbocycles. The van der Waals surface area contributed by atoms with Crippen LogP contribution in [0.5, 0.6) is 0 Å². The highest BCUT2D eigenvalue weighted by Crippen LogP contribution is 2.29. The fraction of sp³-hybridized carbons (Fsp3) is 0.545. The van der Waals surface area contributed by atoms with E-state index in [1.54, 1.807) is 12.1 Å². The van der Waals surface area contributed by atoms with Gasteiger partial charge in [0, 0.05) is 12.6 Å². The van der Waals surface area contributed by atoms with Crippen LogP contribution in [0.2, 0.25) is 0 Å². The van der Waals surface area contributed by atoms with Crippen LogP contribution in [-0.2, 0) is 5.60 Å². The van der Waals surface area contributed by atoms with E-state index in [1.165, 1.54) is 19.2 Å². The number of aliphatic hydroxyl groups is 2. The van der Waals surface area contributed by atoms with Gasteiger partial charge in [-0.05, 0) is 25.5 Å². The smallest absolute Gasteiger partial charge is 0.389 e. The Labute approximate surface area is 96.9 Å². The maximum atomic E-state index is 12.0. The average molecular weight is 249 g/mol. The van der Waals surface area contributed by atoms with Crippen LogP contribution in [0.25, 0.3) is 0 Å². The minimum Gasteiger partial charge on any atom is -0.390 e. The Morgan fingerprint density at radius 1 is 1.35 bits per heavy atom. The monoisotopic (exact) mass is 249 g/mol. The van der Waals surface area contributed by atoms with Crippen molar-refractivity contribution < 1.29 is 23.4 Å².